The number of carbonyl (C=O) groups is 2. The first-order valence-electron chi connectivity index (χ1n) is 12.0. The first-order valence-corrected chi connectivity index (χ1v) is 12.0. The van der Waals surface area contributed by atoms with Crippen LogP contribution in [0.4, 0.5) is 10.3 Å². The van der Waals surface area contributed by atoms with Crippen molar-refractivity contribution in [2.24, 2.45) is 5.92 Å². The Bertz CT molecular complexity index is 1180. The molecule has 2 aromatic carbocycles. The first-order chi connectivity index (χ1) is 16.5. The van der Waals surface area contributed by atoms with Crippen LogP contribution in [0.5, 0.6) is 0 Å². The lowest BCUT2D eigenvalue weighted by Crippen LogP contribution is -2.52. The number of benzene rings is 2. The van der Waals surface area contributed by atoms with Crippen molar-refractivity contribution < 1.29 is 14.0 Å². The number of hydrogen-bond acceptors (Lipinski definition) is 4. The molecule has 0 aliphatic carbocycles. The van der Waals surface area contributed by atoms with Gasteiger partial charge in [0.15, 0.2) is 0 Å². The Hall–Kier alpha value is -3.42. The number of nitrogens with zero attached hydrogens (tertiary/aromatic N) is 5. The minimum absolute atomic E-state index is 0.00931. The third kappa shape index (κ3) is 4.49. The standard InChI is InChI=1S/C26H30FN5O2/c1-19(33)29-14-16-30(17-15-29)25(34)21-10-12-31(13-11-21)26-28-23-4-2-3-5-24(23)32(26)18-20-6-8-22(27)9-7-20/h2-9,21H,10-18H2,1H3. The lowest BCUT2D eigenvalue weighted by atomic mass is 9.95. The molecule has 0 radical (unpaired) electrons. The minimum Gasteiger partial charge on any atom is -0.342 e. The van der Waals surface area contributed by atoms with E-state index in [1.54, 1.807) is 11.8 Å². The number of hydrogen-bond donors (Lipinski definition) is 0. The van der Waals surface area contributed by atoms with E-state index in [0.29, 0.717) is 32.7 Å². The Labute approximate surface area is 198 Å². The molecule has 2 aliphatic heterocycles. The maximum Gasteiger partial charge on any atom is 0.225 e. The summed E-state index contributed by atoms with van der Waals surface area (Å²) in [4.78, 5) is 35.6. The molecule has 5 rings (SSSR count). The Morgan fingerprint density at radius 3 is 2.24 bits per heavy atom. The van der Waals surface area contributed by atoms with E-state index in [-0.39, 0.29) is 23.5 Å². The van der Waals surface area contributed by atoms with Gasteiger partial charge in [0.25, 0.3) is 0 Å². The molecule has 0 spiro atoms. The molecule has 3 heterocycles. The van der Waals surface area contributed by atoms with E-state index in [9.17, 15) is 14.0 Å². The number of fused-ring (bicyclic) bond motifs is 1. The third-order valence-electron chi connectivity index (χ3n) is 7.05. The fraction of sp³-hybridized carbons (Fsp3) is 0.423. The van der Waals surface area contributed by atoms with Gasteiger partial charge in [0.05, 0.1) is 17.6 Å². The molecule has 2 fully saturated rings. The van der Waals surface area contributed by atoms with Gasteiger partial charge in [-0.2, -0.15) is 0 Å². The number of aromatic nitrogens is 2. The average Bonchev–Trinajstić information content (AvgIpc) is 3.23. The van der Waals surface area contributed by atoms with Gasteiger partial charge in [-0.25, -0.2) is 9.37 Å². The summed E-state index contributed by atoms with van der Waals surface area (Å²) in [6.07, 6.45) is 1.57. The second-order valence-corrected chi connectivity index (χ2v) is 9.21. The topological polar surface area (TPSA) is 61.7 Å². The monoisotopic (exact) mass is 463 g/mol. The summed E-state index contributed by atoms with van der Waals surface area (Å²) < 4.78 is 15.6. The number of rotatable bonds is 4. The SMILES string of the molecule is CC(=O)N1CCN(C(=O)C2CCN(c3nc4ccccc4n3Cc3ccc(F)cc3)CC2)CC1. The summed E-state index contributed by atoms with van der Waals surface area (Å²) in [7, 11) is 0. The number of piperazine rings is 1. The molecule has 178 valence electrons. The fourth-order valence-corrected chi connectivity index (χ4v) is 5.06. The Morgan fingerprint density at radius 2 is 1.56 bits per heavy atom. The number of carbonyl (C=O) groups excluding carboxylic acids is 2. The maximum atomic E-state index is 13.4. The zero-order chi connectivity index (χ0) is 23.7. The molecule has 0 atom stereocenters. The smallest absolute Gasteiger partial charge is 0.225 e. The summed E-state index contributed by atoms with van der Waals surface area (Å²) >= 11 is 0. The molecule has 3 aromatic rings. The van der Waals surface area contributed by atoms with Gasteiger partial charge in [-0.3, -0.25) is 9.59 Å². The van der Waals surface area contributed by atoms with Crippen molar-refractivity contribution in [1.82, 2.24) is 19.4 Å². The van der Waals surface area contributed by atoms with Crippen molar-refractivity contribution in [3.05, 3.63) is 59.9 Å². The van der Waals surface area contributed by atoms with E-state index in [1.807, 2.05) is 35.2 Å². The van der Waals surface area contributed by atoms with Crippen LogP contribution >= 0.6 is 0 Å². The zero-order valence-corrected chi connectivity index (χ0v) is 19.5. The second-order valence-electron chi connectivity index (χ2n) is 9.21. The van der Waals surface area contributed by atoms with Crippen molar-refractivity contribution in [2.75, 3.05) is 44.2 Å². The third-order valence-corrected chi connectivity index (χ3v) is 7.05. The molecular formula is C26H30FN5O2. The number of imidazole rings is 1. The molecule has 7 nitrogen and oxygen atoms in total. The van der Waals surface area contributed by atoms with E-state index in [2.05, 4.69) is 15.5 Å². The van der Waals surface area contributed by atoms with E-state index < -0.39 is 0 Å². The fourth-order valence-electron chi connectivity index (χ4n) is 5.06. The molecule has 0 N–H and O–H groups in total. The van der Waals surface area contributed by atoms with E-state index >= 15 is 0 Å². The average molecular weight is 464 g/mol. The molecule has 34 heavy (non-hydrogen) atoms. The van der Waals surface area contributed by atoms with Gasteiger partial charge in [-0.15, -0.1) is 0 Å². The van der Waals surface area contributed by atoms with E-state index in [4.69, 9.17) is 4.98 Å². The van der Waals surface area contributed by atoms with Crippen LogP contribution in [0.15, 0.2) is 48.5 Å². The summed E-state index contributed by atoms with van der Waals surface area (Å²) in [5.74, 6) is 0.946. The summed E-state index contributed by atoms with van der Waals surface area (Å²) in [5, 5.41) is 0. The predicted molar refractivity (Wildman–Crippen MR) is 129 cm³/mol. The quantitative estimate of drug-likeness (QED) is 0.597. The molecule has 2 amide bonds. The zero-order valence-electron chi connectivity index (χ0n) is 19.5. The second kappa shape index (κ2) is 9.44. The number of amides is 2. The van der Waals surface area contributed by atoms with Crippen molar-refractivity contribution in [3.8, 4) is 0 Å². The minimum atomic E-state index is -0.242. The van der Waals surface area contributed by atoms with Crippen LogP contribution in [0.2, 0.25) is 0 Å². The first kappa shape index (κ1) is 22.4. The highest BCUT2D eigenvalue weighted by molar-refractivity contribution is 5.81. The Kier molecular flexibility index (Phi) is 6.22. The lowest BCUT2D eigenvalue weighted by molar-refractivity contribution is -0.141. The van der Waals surface area contributed by atoms with Crippen LogP contribution in [0.3, 0.4) is 0 Å². The largest absolute Gasteiger partial charge is 0.342 e. The van der Waals surface area contributed by atoms with Crippen molar-refractivity contribution >= 4 is 28.8 Å². The Morgan fingerprint density at radius 1 is 0.912 bits per heavy atom. The molecule has 0 saturated carbocycles. The maximum absolute atomic E-state index is 13.4. The Balaban J connectivity index is 1.29. The number of halogens is 1. The van der Waals surface area contributed by atoms with Gasteiger partial charge in [0.2, 0.25) is 17.8 Å². The van der Waals surface area contributed by atoms with Crippen molar-refractivity contribution in [1.29, 1.82) is 0 Å². The highest BCUT2D eigenvalue weighted by atomic mass is 19.1. The molecule has 8 heteroatoms. The van der Waals surface area contributed by atoms with Crippen LogP contribution in [0, 0.1) is 11.7 Å². The van der Waals surface area contributed by atoms with Crippen LogP contribution in [0.25, 0.3) is 11.0 Å². The highest BCUT2D eigenvalue weighted by Gasteiger charge is 2.32. The van der Waals surface area contributed by atoms with Gasteiger partial charge in [0.1, 0.15) is 5.82 Å². The highest BCUT2D eigenvalue weighted by Crippen LogP contribution is 2.29. The van der Waals surface area contributed by atoms with E-state index in [0.717, 1.165) is 48.5 Å². The summed E-state index contributed by atoms with van der Waals surface area (Å²) in [6.45, 7) is 6.18. The van der Waals surface area contributed by atoms with Gasteiger partial charge >= 0.3 is 0 Å². The van der Waals surface area contributed by atoms with Gasteiger partial charge in [-0.05, 0) is 42.7 Å². The number of piperidine rings is 1. The normalized spacial score (nSPS) is 17.4. The molecule has 2 saturated heterocycles. The van der Waals surface area contributed by atoms with E-state index in [1.165, 1.54) is 12.1 Å². The molecule has 1 aromatic heterocycles. The van der Waals surface area contributed by atoms with Crippen molar-refractivity contribution in [3.63, 3.8) is 0 Å². The van der Waals surface area contributed by atoms with Crippen molar-refractivity contribution in [2.45, 2.75) is 26.3 Å². The van der Waals surface area contributed by atoms with Gasteiger partial charge in [-0.1, -0.05) is 24.3 Å². The van der Waals surface area contributed by atoms with Gasteiger partial charge < -0.3 is 19.3 Å². The molecule has 0 unspecified atom stereocenters. The van der Waals surface area contributed by atoms with Crippen LogP contribution in [-0.4, -0.2) is 70.4 Å². The van der Waals surface area contributed by atoms with Crippen LogP contribution in [0.1, 0.15) is 25.3 Å². The molecule has 0 bridgehead atoms. The van der Waals surface area contributed by atoms with Crippen LogP contribution in [-0.2, 0) is 16.1 Å². The predicted octanol–water partition coefficient (Wildman–Crippen LogP) is 3.13. The van der Waals surface area contributed by atoms with Gasteiger partial charge in [0, 0.05) is 52.1 Å². The molecule has 2 aliphatic rings. The summed E-state index contributed by atoms with van der Waals surface area (Å²) in [5.41, 5.74) is 2.99. The number of anilines is 1. The lowest BCUT2D eigenvalue weighted by Gasteiger charge is -2.38. The molecular weight excluding hydrogens is 433 g/mol. The number of para-hydroxylation sites is 2. The van der Waals surface area contributed by atoms with Crippen LogP contribution < -0.4 is 4.90 Å². The summed E-state index contributed by atoms with van der Waals surface area (Å²) in [6, 6.07) is 14.7.